The number of piperidine rings is 1. The molecule has 1 N–H and O–H groups in total. The summed E-state index contributed by atoms with van der Waals surface area (Å²) in [4.78, 5) is 14.5. The molecule has 166 valence electrons. The van der Waals surface area contributed by atoms with E-state index in [1.54, 1.807) is 6.07 Å². The Bertz CT molecular complexity index is 1260. The molecule has 4 aromatic rings. The molecular formula is C24H25FN4O3. The lowest BCUT2D eigenvalue weighted by molar-refractivity contribution is 0.127. The number of para-hydroxylation sites is 1. The van der Waals surface area contributed by atoms with Gasteiger partial charge in [0.25, 0.3) is 0 Å². The predicted molar refractivity (Wildman–Crippen MR) is 120 cm³/mol. The zero-order valence-corrected chi connectivity index (χ0v) is 17.9. The van der Waals surface area contributed by atoms with Crippen molar-refractivity contribution >= 4 is 33.8 Å². The number of carbonyl (C=O) groups is 1. The summed E-state index contributed by atoms with van der Waals surface area (Å²) in [6.07, 6.45) is 1.41. The van der Waals surface area contributed by atoms with Crippen molar-refractivity contribution in [3.8, 4) is 0 Å². The third-order valence-corrected chi connectivity index (χ3v) is 6.26. The van der Waals surface area contributed by atoms with Gasteiger partial charge in [-0.05, 0) is 50.2 Å². The number of benzene rings is 2. The molecule has 2 aromatic carbocycles. The molecule has 1 aliphatic heterocycles. The second kappa shape index (κ2) is 8.63. The Hall–Kier alpha value is -3.39. The summed E-state index contributed by atoms with van der Waals surface area (Å²) in [5, 5.41) is 8.97. The van der Waals surface area contributed by atoms with Crippen molar-refractivity contribution in [2.75, 3.05) is 31.6 Å². The number of aromatic nitrogens is 2. The number of halogens is 1. The fourth-order valence-corrected chi connectivity index (χ4v) is 4.47. The summed E-state index contributed by atoms with van der Waals surface area (Å²) in [7, 11) is 1.91. The average Bonchev–Trinajstić information content (AvgIpc) is 3.35. The first kappa shape index (κ1) is 20.5. The fourth-order valence-electron chi connectivity index (χ4n) is 4.47. The molecule has 5 rings (SSSR count). The highest BCUT2D eigenvalue weighted by molar-refractivity contribution is 5.91. The largest absolute Gasteiger partial charge is 0.448 e. The maximum Gasteiger partial charge on any atom is 0.412 e. The molecule has 0 unspecified atom stereocenters. The summed E-state index contributed by atoms with van der Waals surface area (Å²) < 4.78 is 26.0. The van der Waals surface area contributed by atoms with Crippen LogP contribution in [0.25, 0.3) is 21.9 Å². The zero-order valence-electron chi connectivity index (χ0n) is 17.9. The van der Waals surface area contributed by atoms with Crippen LogP contribution in [0.4, 0.5) is 15.0 Å². The number of likely N-dealkylation sites (tertiary alicyclic amines) is 1. The van der Waals surface area contributed by atoms with Crippen molar-refractivity contribution in [2.24, 2.45) is 7.05 Å². The number of anilines is 1. The topological polar surface area (TPSA) is 72.5 Å². The Morgan fingerprint density at radius 1 is 1.22 bits per heavy atom. The number of hydrogen-bond donors (Lipinski definition) is 1. The fraction of sp³-hybridized carbons (Fsp3) is 0.333. The molecular weight excluding hydrogens is 411 g/mol. The zero-order chi connectivity index (χ0) is 22.1. The SMILES string of the molecule is Cn1c(NC(=O)OCCN2CCC(c3noc4cc(F)ccc34)CC2)cc2ccccc21. The number of hydrogen-bond acceptors (Lipinski definition) is 5. The Labute approximate surface area is 184 Å². The monoisotopic (exact) mass is 436 g/mol. The molecule has 2 aromatic heterocycles. The molecule has 0 atom stereocenters. The van der Waals surface area contributed by atoms with Crippen molar-refractivity contribution in [1.29, 1.82) is 0 Å². The minimum absolute atomic E-state index is 0.286. The van der Waals surface area contributed by atoms with E-state index in [9.17, 15) is 9.18 Å². The Morgan fingerprint density at radius 2 is 2.03 bits per heavy atom. The molecule has 1 fully saturated rings. The van der Waals surface area contributed by atoms with E-state index >= 15 is 0 Å². The molecule has 7 nitrogen and oxygen atoms in total. The standard InChI is InChI=1S/C24H25FN4O3/c1-28-20-5-3-2-4-17(20)14-22(28)26-24(30)31-13-12-29-10-8-16(9-11-29)23-19-7-6-18(25)15-21(19)32-27-23/h2-7,14-16H,8-13H2,1H3,(H,26,30). The van der Waals surface area contributed by atoms with E-state index in [4.69, 9.17) is 9.26 Å². The van der Waals surface area contributed by atoms with Crippen LogP contribution in [0.2, 0.25) is 0 Å². The third-order valence-electron chi connectivity index (χ3n) is 6.26. The number of nitrogens with zero attached hydrogens (tertiary/aromatic N) is 3. The molecule has 1 saturated heterocycles. The van der Waals surface area contributed by atoms with Crippen LogP contribution in [0.1, 0.15) is 24.5 Å². The van der Waals surface area contributed by atoms with Gasteiger partial charge in [-0.25, -0.2) is 9.18 Å². The lowest BCUT2D eigenvalue weighted by atomic mass is 9.91. The van der Waals surface area contributed by atoms with Crippen molar-refractivity contribution in [3.63, 3.8) is 0 Å². The summed E-state index contributed by atoms with van der Waals surface area (Å²) in [6, 6.07) is 14.5. The van der Waals surface area contributed by atoms with Gasteiger partial charge in [0.2, 0.25) is 0 Å². The average molecular weight is 436 g/mol. The molecule has 1 amide bonds. The highest BCUT2D eigenvalue weighted by Crippen LogP contribution is 2.32. The first-order valence-corrected chi connectivity index (χ1v) is 10.8. The minimum atomic E-state index is -0.452. The van der Waals surface area contributed by atoms with Crippen molar-refractivity contribution < 1.29 is 18.4 Å². The van der Waals surface area contributed by atoms with Crippen LogP contribution in [-0.4, -0.2) is 47.0 Å². The quantitative estimate of drug-likeness (QED) is 0.482. The van der Waals surface area contributed by atoms with E-state index in [2.05, 4.69) is 15.4 Å². The number of carbonyl (C=O) groups excluding carboxylic acids is 1. The van der Waals surface area contributed by atoms with Gasteiger partial charge in [0.1, 0.15) is 18.2 Å². The van der Waals surface area contributed by atoms with Crippen LogP contribution < -0.4 is 5.32 Å². The number of aryl methyl sites for hydroxylation is 1. The van der Waals surface area contributed by atoms with Crippen LogP contribution >= 0.6 is 0 Å². The minimum Gasteiger partial charge on any atom is -0.448 e. The Morgan fingerprint density at radius 3 is 2.84 bits per heavy atom. The van der Waals surface area contributed by atoms with E-state index in [0.29, 0.717) is 24.6 Å². The second-order valence-electron chi connectivity index (χ2n) is 8.23. The first-order valence-electron chi connectivity index (χ1n) is 10.8. The van der Waals surface area contributed by atoms with Crippen molar-refractivity contribution in [2.45, 2.75) is 18.8 Å². The van der Waals surface area contributed by atoms with E-state index < -0.39 is 6.09 Å². The van der Waals surface area contributed by atoms with Gasteiger partial charge in [-0.3, -0.25) is 10.2 Å². The molecule has 0 radical (unpaired) electrons. The highest BCUT2D eigenvalue weighted by Gasteiger charge is 2.25. The van der Waals surface area contributed by atoms with Gasteiger partial charge in [-0.1, -0.05) is 23.4 Å². The van der Waals surface area contributed by atoms with Crippen LogP contribution in [0.5, 0.6) is 0 Å². The third kappa shape index (κ3) is 4.05. The molecule has 0 spiro atoms. The van der Waals surface area contributed by atoms with E-state index in [1.807, 2.05) is 41.9 Å². The summed E-state index contributed by atoms with van der Waals surface area (Å²) in [5.74, 6) is 0.671. The van der Waals surface area contributed by atoms with Crippen LogP contribution in [0.15, 0.2) is 53.1 Å². The second-order valence-corrected chi connectivity index (χ2v) is 8.23. The van der Waals surface area contributed by atoms with Crippen LogP contribution in [-0.2, 0) is 11.8 Å². The predicted octanol–water partition coefficient (Wildman–Crippen LogP) is 4.89. The number of rotatable bonds is 5. The van der Waals surface area contributed by atoms with Gasteiger partial charge in [0, 0.05) is 41.9 Å². The van der Waals surface area contributed by atoms with Gasteiger partial charge >= 0.3 is 6.09 Å². The Balaban J connectivity index is 1.09. The van der Waals surface area contributed by atoms with Gasteiger partial charge in [-0.15, -0.1) is 0 Å². The number of ether oxygens (including phenoxy) is 1. The van der Waals surface area contributed by atoms with Gasteiger partial charge in [-0.2, -0.15) is 0 Å². The van der Waals surface area contributed by atoms with Crippen molar-refractivity contribution in [3.05, 3.63) is 60.0 Å². The molecule has 3 heterocycles. The molecule has 1 aliphatic rings. The maximum atomic E-state index is 13.4. The summed E-state index contributed by atoms with van der Waals surface area (Å²) in [6.45, 7) is 2.77. The number of nitrogens with one attached hydrogen (secondary N) is 1. The molecule has 0 bridgehead atoms. The Kier molecular flexibility index (Phi) is 5.53. The van der Waals surface area contributed by atoms with E-state index in [1.165, 1.54) is 12.1 Å². The van der Waals surface area contributed by atoms with Gasteiger partial charge in [0.15, 0.2) is 5.58 Å². The molecule has 0 saturated carbocycles. The lowest BCUT2D eigenvalue weighted by Crippen LogP contribution is -2.36. The smallest absolute Gasteiger partial charge is 0.412 e. The van der Waals surface area contributed by atoms with Gasteiger partial charge < -0.3 is 13.8 Å². The molecule has 8 heteroatoms. The van der Waals surface area contributed by atoms with Gasteiger partial charge in [0.05, 0.1) is 5.69 Å². The summed E-state index contributed by atoms with van der Waals surface area (Å²) in [5.41, 5.74) is 2.45. The molecule has 0 aliphatic carbocycles. The lowest BCUT2D eigenvalue weighted by Gasteiger charge is -2.30. The number of fused-ring (bicyclic) bond motifs is 2. The highest BCUT2D eigenvalue weighted by atomic mass is 19.1. The molecule has 32 heavy (non-hydrogen) atoms. The normalized spacial score (nSPS) is 15.4. The van der Waals surface area contributed by atoms with E-state index in [-0.39, 0.29) is 11.7 Å². The first-order chi connectivity index (χ1) is 15.6. The van der Waals surface area contributed by atoms with E-state index in [0.717, 1.165) is 47.9 Å². The summed E-state index contributed by atoms with van der Waals surface area (Å²) >= 11 is 0. The van der Waals surface area contributed by atoms with Crippen LogP contribution in [0, 0.1) is 5.82 Å². The number of amides is 1. The maximum absolute atomic E-state index is 13.4. The van der Waals surface area contributed by atoms with Crippen molar-refractivity contribution in [1.82, 2.24) is 14.6 Å². The van der Waals surface area contributed by atoms with Crippen LogP contribution in [0.3, 0.4) is 0 Å².